The topological polar surface area (TPSA) is 29.1 Å². The number of thiophene rings is 1. The Kier molecular flexibility index (Phi) is 3.92. The van der Waals surface area contributed by atoms with Crippen LogP contribution in [0.3, 0.4) is 0 Å². The van der Waals surface area contributed by atoms with Gasteiger partial charge in [-0.1, -0.05) is 32.0 Å². The van der Waals surface area contributed by atoms with Crippen molar-refractivity contribution in [3.8, 4) is 0 Å². The molecule has 1 aromatic heterocycles. The van der Waals surface area contributed by atoms with E-state index in [2.05, 4.69) is 22.8 Å². The molecule has 0 aliphatic heterocycles. The van der Waals surface area contributed by atoms with Gasteiger partial charge < -0.3 is 5.32 Å². The van der Waals surface area contributed by atoms with E-state index in [0.717, 1.165) is 5.56 Å². The van der Waals surface area contributed by atoms with Crippen LogP contribution in [0.4, 0.5) is 0 Å². The summed E-state index contributed by atoms with van der Waals surface area (Å²) in [5.74, 6) is 0.252. The number of carbonyl (C=O) groups excluding carboxylic acids is 1. The van der Waals surface area contributed by atoms with Gasteiger partial charge >= 0.3 is 0 Å². The van der Waals surface area contributed by atoms with Gasteiger partial charge in [0.15, 0.2) is 5.78 Å². The molecule has 0 saturated carbocycles. The van der Waals surface area contributed by atoms with Gasteiger partial charge in [-0.3, -0.25) is 4.79 Å². The summed E-state index contributed by atoms with van der Waals surface area (Å²) < 4.78 is 1.26. The molecule has 1 heterocycles. The zero-order valence-corrected chi connectivity index (χ0v) is 11.0. The molecule has 0 radical (unpaired) electrons. The number of ketones is 1. The van der Waals surface area contributed by atoms with E-state index in [1.807, 2.05) is 26.0 Å². The van der Waals surface area contributed by atoms with Crippen molar-refractivity contribution in [2.75, 3.05) is 6.54 Å². The van der Waals surface area contributed by atoms with E-state index in [1.165, 1.54) is 10.1 Å². The molecule has 1 aromatic carbocycles. The van der Waals surface area contributed by atoms with Crippen molar-refractivity contribution < 1.29 is 4.79 Å². The van der Waals surface area contributed by atoms with Gasteiger partial charge in [-0.05, 0) is 22.4 Å². The lowest BCUT2D eigenvalue weighted by Crippen LogP contribution is -2.29. The highest BCUT2D eigenvalue weighted by Gasteiger charge is 2.08. The zero-order chi connectivity index (χ0) is 12.3. The lowest BCUT2D eigenvalue weighted by Gasteiger charge is -2.06. The molecule has 3 heteroatoms. The summed E-state index contributed by atoms with van der Waals surface area (Å²) in [5, 5.41) is 6.47. The highest BCUT2D eigenvalue weighted by molar-refractivity contribution is 7.17. The number of Topliss-reactive ketones (excluding diaryl/α,β-unsaturated/α-hetero) is 1. The molecule has 0 spiro atoms. The molecule has 0 amide bonds. The summed E-state index contributed by atoms with van der Waals surface area (Å²) in [4.78, 5) is 11.8. The van der Waals surface area contributed by atoms with E-state index >= 15 is 0 Å². The van der Waals surface area contributed by atoms with Crippen molar-refractivity contribution in [2.24, 2.45) is 0 Å². The lowest BCUT2D eigenvalue weighted by atomic mass is 10.1. The van der Waals surface area contributed by atoms with Crippen LogP contribution in [0.1, 0.15) is 19.4 Å². The minimum atomic E-state index is 0.252. The van der Waals surface area contributed by atoms with E-state index in [-0.39, 0.29) is 5.78 Å². The molecule has 0 aliphatic carbocycles. The summed E-state index contributed by atoms with van der Waals surface area (Å²) in [6.45, 7) is 4.56. The molecule has 0 bridgehead atoms. The van der Waals surface area contributed by atoms with Crippen molar-refractivity contribution in [1.82, 2.24) is 5.32 Å². The second kappa shape index (κ2) is 5.43. The Labute approximate surface area is 106 Å². The largest absolute Gasteiger partial charge is 0.308 e. The van der Waals surface area contributed by atoms with E-state index < -0.39 is 0 Å². The van der Waals surface area contributed by atoms with E-state index in [9.17, 15) is 4.79 Å². The van der Waals surface area contributed by atoms with Gasteiger partial charge in [-0.2, -0.15) is 0 Å². The Morgan fingerprint density at radius 2 is 2.12 bits per heavy atom. The molecular weight excluding hydrogens is 230 g/mol. The Balaban J connectivity index is 2.06. The van der Waals surface area contributed by atoms with Crippen molar-refractivity contribution in [2.45, 2.75) is 26.3 Å². The second-order valence-corrected chi connectivity index (χ2v) is 5.42. The summed E-state index contributed by atoms with van der Waals surface area (Å²) in [7, 11) is 0. The number of carbonyl (C=O) groups is 1. The van der Waals surface area contributed by atoms with Crippen LogP contribution in [-0.2, 0) is 11.2 Å². The highest BCUT2D eigenvalue weighted by atomic mass is 32.1. The van der Waals surface area contributed by atoms with Gasteiger partial charge in [0.25, 0.3) is 0 Å². The fraction of sp³-hybridized carbons (Fsp3) is 0.357. The first-order valence-corrected chi connectivity index (χ1v) is 6.75. The van der Waals surface area contributed by atoms with Crippen molar-refractivity contribution in [3.05, 3.63) is 35.2 Å². The van der Waals surface area contributed by atoms with Crippen LogP contribution in [0.2, 0.25) is 0 Å². The molecule has 0 aliphatic rings. The normalized spacial score (nSPS) is 11.2. The van der Waals surface area contributed by atoms with Gasteiger partial charge in [-0.25, -0.2) is 0 Å². The van der Waals surface area contributed by atoms with Crippen LogP contribution in [0.25, 0.3) is 10.1 Å². The first-order chi connectivity index (χ1) is 8.16. The van der Waals surface area contributed by atoms with Crippen LogP contribution in [-0.4, -0.2) is 18.4 Å². The van der Waals surface area contributed by atoms with Crippen LogP contribution in [0.15, 0.2) is 29.6 Å². The highest BCUT2D eigenvalue weighted by Crippen LogP contribution is 2.25. The standard InChI is InChI=1S/C14H17NOS/c1-10(2)15-8-12(16)7-11-9-17-14-6-4-3-5-13(11)14/h3-6,9-10,15H,7-8H2,1-2H3. The summed E-state index contributed by atoms with van der Waals surface area (Å²) in [6, 6.07) is 8.60. The lowest BCUT2D eigenvalue weighted by molar-refractivity contribution is -0.117. The first-order valence-electron chi connectivity index (χ1n) is 5.87. The Morgan fingerprint density at radius 1 is 1.35 bits per heavy atom. The summed E-state index contributed by atoms with van der Waals surface area (Å²) in [5.41, 5.74) is 1.15. The van der Waals surface area contributed by atoms with Crippen molar-refractivity contribution in [3.63, 3.8) is 0 Å². The Morgan fingerprint density at radius 3 is 2.88 bits per heavy atom. The maximum absolute atomic E-state index is 11.8. The van der Waals surface area contributed by atoms with E-state index in [4.69, 9.17) is 0 Å². The molecule has 0 fully saturated rings. The molecule has 2 nitrogen and oxygen atoms in total. The molecule has 0 unspecified atom stereocenters. The quantitative estimate of drug-likeness (QED) is 0.880. The van der Waals surface area contributed by atoms with Gasteiger partial charge in [0.2, 0.25) is 0 Å². The second-order valence-electron chi connectivity index (χ2n) is 4.51. The number of fused-ring (bicyclic) bond motifs is 1. The van der Waals surface area contributed by atoms with Gasteiger partial charge in [0.05, 0.1) is 6.54 Å². The number of rotatable bonds is 5. The third-order valence-corrected chi connectivity index (χ3v) is 3.67. The molecule has 90 valence electrons. The maximum atomic E-state index is 11.8. The third-order valence-electron chi connectivity index (χ3n) is 2.66. The van der Waals surface area contributed by atoms with Gasteiger partial charge in [0, 0.05) is 17.2 Å². The predicted molar refractivity (Wildman–Crippen MR) is 73.7 cm³/mol. The molecule has 2 aromatic rings. The first kappa shape index (κ1) is 12.3. The predicted octanol–water partition coefficient (Wildman–Crippen LogP) is 3.01. The molecule has 0 saturated heterocycles. The molecule has 2 rings (SSSR count). The van der Waals surface area contributed by atoms with Crippen LogP contribution < -0.4 is 5.32 Å². The van der Waals surface area contributed by atoms with E-state index in [0.29, 0.717) is 19.0 Å². The fourth-order valence-corrected chi connectivity index (χ4v) is 2.73. The van der Waals surface area contributed by atoms with Crippen LogP contribution in [0.5, 0.6) is 0 Å². The number of benzene rings is 1. The minimum absolute atomic E-state index is 0.252. The van der Waals surface area contributed by atoms with Crippen LogP contribution in [0, 0.1) is 0 Å². The SMILES string of the molecule is CC(C)NCC(=O)Cc1csc2ccccc12. The van der Waals surface area contributed by atoms with Gasteiger partial charge in [-0.15, -0.1) is 11.3 Å². The van der Waals surface area contributed by atoms with Crippen molar-refractivity contribution >= 4 is 27.2 Å². The number of hydrogen-bond donors (Lipinski definition) is 1. The molecular formula is C14H17NOS. The Hall–Kier alpha value is -1.19. The molecule has 0 atom stereocenters. The fourth-order valence-electron chi connectivity index (χ4n) is 1.76. The maximum Gasteiger partial charge on any atom is 0.151 e. The van der Waals surface area contributed by atoms with Gasteiger partial charge in [0.1, 0.15) is 0 Å². The smallest absolute Gasteiger partial charge is 0.151 e. The monoisotopic (exact) mass is 247 g/mol. The molecule has 17 heavy (non-hydrogen) atoms. The summed E-state index contributed by atoms with van der Waals surface area (Å²) >= 11 is 1.71. The number of nitrogens with one attached hydrogen (secondary N) is 1. The summed E-state index contributed by atoms with van der Waals surface area (Å²) in [6.07, 6.45) is 0.531. The van der Waals surface area contributed by atoms with E-state index in [1.54, 1.807) is 11.3 Å². The van der Waals surface area contributed by atoms with Crippen molar-refractivity contribution in [1.29, 1.82) is 0 Å². The third kappa shape index (κ3) is 3.14. The zero-order valence-electron chi connectivity index (χ0n) is 10.2. The van der Waals surface area contributed by atoms with Crippen LogP contribution >= 0.6 is 11.3 Å². The average Bonchev–Trinajstić information content (AvgIpc) is 2.70. The average molecular weight is 247 g/mol. The number of hydrogen-bond acceptors (Lipinski definition) is 3. The Bertz CT molecular complexity index is 516. The molecule has 1 N–H and O–H groups in total. The minimum Gasteiger partial charge on any atom is -0.308 e.